The Kier molecular flexibility index (Phi) is 6.63. The molecule has 3 heterocycles. The molecule has 0 bridgehead atoms. The van der Waals surface area contributed by atoms with Gasteiger partial charge in [0.25, 0.3) is 5.91 Å². The van der Waals surface area contributed by atoms with E-state index in [-0.39, 0.29) is 11.7 Å². The second kappa shape index (κ2) is 10.0. The number of halogens is 1. The van der Waals surface area contributed by atoms with Crippen LogP contribution in [0.5, 0.6) is 5.75 Å². The summed E-state index contributed by atoms with van der Waals surface area (Å²) < 4.78 is 18.6. The van der Waals surface area contributed by atoms with Gasteiger partial charge in [0, 0.05) is 70.1 Å². The summed E-state index contributed by atoms with van der Waals surface area (Å²) >= 11 is 0. The number of aromatic nitrogens is 2. The average molecular weight is 491 g/mol. The van der Waals surface area contributed by atoms with Crippen molar-refractivity contribution in [3.63, 3.8) is 0 Å². The number of piperazine rings is 1. The van der Waals surface area contributed by atoms with Gasteiger partial charge in [-0.15, -0.1) is 0 Å². The lowest BCUT2D eigenvalue weighted by Gasteiger charge is -2.37. The molecule has 188 valence electrons. The fraction of sp³-hybridized carbons (Fsp3) is 0.370. The van der Waals surface area contributed by atoms with Crippen LogP contribution >= 0.6 is 0 Å². The van der Waals surface area contributed by atoms with E-state index in [1.807, 2.05) is 54.2 Å². The molecule has 2 aliphatic heterocycles. The highest BCUT2D eigenvalue weighted by molar-refractivity contribution is 5.94. The second-order valence-corrected chi connectivity index (χ2v) is 9.33. The van der Waals surface area contributed by atoms with Crippen LogP contribution in [-0.4, -0.2) is 74.7 Å². The third-order valence-corrected chi connectivity index (χ3v) is 6.81. The lowest BCUT2D eigenvalue weighted by atomic mass is 10.0. The second-order valence-electron chi connectivity index (χ2n) is 9.33. The largest absolute Gasteiger partial charge is 0.497 e. The van der Waals surface area contributed by atoms with E-state index in [2.05, 4.69) is 9.80 Å². The summed E-state index contributed by atoms with van der Waals surface area (Å²) in [5.41, 5.74) is 3.63. The van der Waals surface area contributed by atoms with Gasteiger partial charge in [-0.1, -0.05) is 6.07 Å². The predicted molar refractivity (Wildman–Crippen MR) is 139 cm³/mol. The van der Waals surface area contributed by atoms with Gasteiger partial charge in [0.15, 0.2) is 0 Å². The zero-order valence-electron chi connectivity index (χ0n) is 20.9. The molecule has 9 heteroatoms. The van der Waals surface area contributed by atoms with Crippen LogP contribution < -0.4 is 19.4 Å². The molecular formula is C27H31FN6O2. The summed E-state index contributed by atoms with van der Waals surface area (Å²) in [6.45, 7) is 4.26. The van der Waals surface area contributed by atoms with Gasteiger partial charge in [-0.25, -0.2) is 9.37 Å². The van der Waals surface area contributed by atoms with E-state index in [1.54, 1.807) is 13.2 Å². The number of amides is 1. The maximum absolute atomic E-state index is 13.3. The Balaban J connectivity index is 1.33. The number of hydrogen-bond acceptors (Lipinski definition) is 7. The molecule has 1 aromatic heterocycles. The van der Waals surface area contributed by atoms with Gasteiger partial charge in [0.2, 0.25) is 5.95 Å². The van der Waals surface area contributed by atoms with Gasteiger partial charge in [-0.05, 0) is 42.5 Å². The molecule has 3 aromatic rings. The molecule has 0 unspecified atom stereocenters. The minimum absolute atomic E-state index is 0.0229. The van der Waals surface area contributed by atoms with Crippen molar-refractivity contribution in [1.29, 1.82) is 0 Å². The number of fused-ring (bicyclic) bond motifs is 1. The highest BCUT2D eigenvalue weighted by Crippen LogP contribution is 2.30. The lowest BCUT2D eigenvalue weighted by Crippen LogP contribution is -2.47. The van der Waals surface area contributed by atoms with Gasteiger partial charge in [-0.3, -0.25) is 4.79 Å². The van der Waals surface area contributed by atoms with Crippen LogP contribution in [0.15, 0.2) is 48.5 Å². The van der Waals surface area contributed by atoms with Crippen molar-refractivity contribution in [2.45, 2.75) is 13.0 Å². The SMILES string of the molecule is COc1cccc(C(=O)N2CCc3nc(N4CCN(c5ccc(F)cc5)CC4)nc(N(C)C)c3C2)c1. The van der Waals surface area contributed by atoms with Gasteiger partial charge >= 0.3 is 0 Å². The van der Waals surface area contributed by atoms with E-state index in [4.69, 9.17) is 14.7 Å². The van der Waals surface area contributed by atoms with Crippen LogP contribution in [0.2, 0.25) is 0 Å². The highest BCUT2D eigenvalue weighted by Gasteiger charge is 2.29. The number of anilines is 3. The van der Waals surface area contributed by atoms with Crippen molar-refractivity contribution in [2.24, 2.45) is 0 Å². The van der Waals surface area contributed by atoms with Crippen LogP contribution in [0.4, 0.5) is 21.8 Å². The molecule has 1 amide bonds. The van der Waals surface area contributed by atoms with Crippen molar-refractivity contribution in [2.75, 3.05) is 68.6 Å². The lowest BCUT2D eigenvalue weighted by molar-refractivity contribution is 0.0733. The number of carbonyl (C=O) groups excluding carboxylic acids is 1. The zero-order chi connectivity index (χ0) is 25.2. The number of rotatable bonds is 5. The first kappa shape index (κ1) is 23.8. The van der Waals surface area contributed by atoms with Crippen LogP contribution in [0.25, 0.3) is 0 Å². The summed E-state index contributed by atoms with van der Waals surface area (Å²) in [6, 6.07) is 13.9. The zero-order valence-corrected chi connectivity index (χ0v) is 20.9. The number of nitrogens with zero attached hydrogens (tertiary/aromatic N) is 6. The standard InChI is InChI=1S/C27H31FN6O2/c1-31(2)25-23-18-34(26(35)19-5-4-6-22(17-19)36-3)12-11-24(23)29-27(30-25)33-15-13-32(14-16-33)21-9-7-20(28)8-10-21/h4-10,17H,11-16,18H2,1-3H3. The number of hydrogen-bond donors (Lipinski definition) is 0. The Morgan fingerprint density at radius 3 is 2.39 bits per heavy atom. The van der Waals surface area contributed by atoms with Crippen LogP contribution in [0, 0.1) is 5.82 Å². The molecule has 2 aromatic carbocycles. The summed E-state index contributed by atoms with van der Waals surface area (Å²) in [6.07, 6.45) is 0.678. The third-order valence-electron chi connectivity index (χ3n) is 6.81. The fourth-order valence-corrected chi connectivity index (χ4v) is 4.82. The summed E-state index contributed by atoms with van der Waals surface area (Å²) in [4.78, 5) is 31.4. The first-order valence-corrected chi connectivity index (χ1v) is 12.2. The first-order valence-electron chi connectivity index (χ1n) is 12.2. The number of ether oxygens (including phenoxy) is 1. The van der Waals surface area contributed by atoms with Crippen LogP contribution in [0.3, 0.4) is 0 Å². The predicted octanol–water partition coefficient (Wildman–Crippen LogP) is 3.22. The van der Waals surface area contributed by atoms with Gasteiger partial charge < -0.3 is 24.3 Å². The maximum Gasteiger partial charge on any atom is 0.254 e. The Labute approximate surface area is 210 Å². The van der Waals surface area contributed by atoms with E-state index >= 15 is 0 Å². The molecule has 0 radical (unpaired) electrons. The Morgan fingerprint density at radius 1 is 0.972 bits per heavy atom. The monoisotopic (exact) mass is 490 g/mol. The first-order chi connectivity index (χ1) is 17.4. The normalized spacial score (nSPS) is 15.5. The molecule has 2 aliphatic rings. The number of methoxy groups -OCH3 is 1. The Morgan fingerprint density at radius 2 is 1.69 bits per heavy atom. The molecule has 1 saturated heterocycles. The van der Waals surface area contributed by atoms with Gasteiger partial charge in [0.1, 0.15) is 17.4 Å². The van der Waals surface area contributed by atoms with E-state index in [0.29, 0.717) is 30.8 Å². The Bertz CT molecular complexity index is 1240. The van der Waals surface area contributed by atoms with Crippen LogP contribution in [0.1, 0.15) is 21.6 Å². The summed E-state index contributed by atoms with van der Waals surface area (Å²) in [5.74, 6) is 1.99. The molecule has 8 nitrogen and oxygen atoms in total. The maximum atomic E-state index is 13.3. The van der Waals surface area contributed by atoms with Crippen molar-refractivity contribution >= 4 is 23.4 Å². The van der Waals surface area contributed by atoms with E-state index in [1.165, 1.54) is 12.1 Å². The quantitative estimate of drug-likeness (QED) is 0.544. The van der Waals surface area contributed by atoms with Gasteiger partial charge in [0.05, 0.1) is 19.3 Å². The van der Waals surface area contributed by atoms with Crippen molar-refractivity contribution in [1.82, 2.24) is 14.9 Å². The van der Waals surface area contributed by atoms with Gasteiger partial charge in [-0.2, -0.15) is 4.98 Å². The molecule has 1 fully saturated rings. The molecule has 0 spiro atoms. The summed E-state index contributed by atoms with van der Waals surface area (Å²) in [7, 11) is 5.55. The number of carbonyl (C=O) groups is 1. The molecule has 0 saturated carbocycles. The highest BCUT2D eigenvalue weighted by atomic mass is 19.1. The Hall–Kier alpha value is -3.88. The smallest absolute Gasteiger partial charge is 0.254 e. The molecule has 36 heavy (non-hydrogen) atoms. The van der Waals surface area contributed by atoms with Crippen molar-refractivity contribution in [3.8, 4) is 5.75 Å². The van der Waals surface area contributed by atoms with Crippen LogP contribution in [-0.2, 0) is 13.0 Å². The molecule has 0 atom stereocenters. The third kappa shape index (κ3) is 4.78. The molecule has 5 rings (SSSR count). The molecule has 0 aliphatic carbocycles. The minimum Gasteiger partial charge on any atom is -0.497 e. The van der Waals surface area contributed by atoms with E-state index < -0.39 is 0 Å². The van der Waals surface area contributed by atoms with Crippen molar-refractivity contribution in [3.05, 3.63) is 71.2 Å². The van der Waals surface area contributed by atoms with Crippen molar-refractivity contribution < 1.29 is 13.9 Å². The molecule has 0 N–H and O–H groups in total. The fourth-order valence-electron chi connectivity index (χ4n) is 4.82. The summed E-state index contributed by atoms with van der Waals surface area (Å²) in [5, 5.41) is 0. The van der Waals surface area contributed by atoms with E-state index in [9.17, 15) is 9.18 Å². The minimum atomic E-state index is -0.222. The topological polar surface area (TPSA) is 65.0 Å². The number of benzene rings is 2. The molecular weight excluding hydrogens is 459 g/mol. The average Bonchev–Trinajstić information content (AvgIpc) is 2.92. The van der Waals surface area contributed by atoms with E-state index in [0.717, 1.165) is 54.9 Å².